The van der Waals surface area contributed by atoms with Crippen molar-refractivity contribution in [2.75, 3.05) is 31.5 Å². The molecule has 1 saturated heterocycles. The van der Waals surface area contributed by atoms with Crippen LogP contribution in [-0.4, -0.2) is 61.1 Å². The van der Waals surface area contributed by atoms with Crippen LogP contribution >= 0.6 is 0 Å². The number of hydrogen-bond acceptors (Lipinski definition) is 8. The Morgan fingerprint density at radius 1 is 1.05 bits per heavy atom. The van der Waals surface area contributed by atoms with Gasteiger partial charge in [0.05, 0.1) is 12.1 Å². The largest absolute Gasteiger partial charge is 0.385 e. The molecule has 0 spiro atoms. The summed E-state index contributed by atoms with van der Waals surface area (Å²) in [6.07, 6.45) is 7.22. The molecule has 3 aromatic heterocycles. The first-order chi connectivity index (χ1) is 18.1. The van der Waals surface area contributed by atoms with Crippen LogP contribution in [0.4, 0.5) is 5.82 Å². The van der Waals surface area contributed by atoms with Crippen molar-refractivity contribution in [3.8, 4) is 23.0 Å². The van der Waals surface area contributed by atoms with Crippen molar-refractivity contribution >= 4 is 5.82 Å². The van der Waals surface area contributed by atoms with Crippen LogP contribution in [0.5, 0.6) is 0 Å². The minimum absolute atomic E-state index is 0.384. The molecular formula is C28H33N7O2. The van der Waals surface area contributed by atoms with Crippen LogP contribution in [0.3, 0.4) is 0 Å². The molecule has 37 heavy (non-hydrogen) atoms. The van der Waals surface area contributed by atoms with Crippen LogP contribution in [-0.2, 0) is 12.1 Å². The average Bonchev–Trinajstić information content (AvgIpc) is 3.66. The van der Waals surface area contributed by atoms with E-state index >= 15 is 0 Å². The summed E-state index contributed by atoms with van der Waals surface area (Å²) in [4.78, 5) is 11.6. The van der Waals surface area contributed by atoms with E-state index in [1.165, 1.54) is 25.9 Å². The molecule has 0 radical (unpaired) electrons. The summed E-state index contributed by atoms with van der Waals surface area (Å²) in [6.45, 7) is 7.01. The normalized spacial score (nSPS) is 17.1. The van der Waals surface area contributed by atoms with Gasteiger partial charge in [-0.15, -0.1) is 0 Å². The summed E-state index contributed by atoms with van der Waals surface area (Å²) in [5, 5.41) is 22.8. The zero-order valence-corrected chi connectivity index (χ0v) is 21.2. The van der Waals surface area contributed by atoms with E-state index in [-0.39, 0.29) is 0 Å². The number of likely N-dealkylation sites (tertiary alicyclic amines) is 1. The first-order valence-corrected chi connectivity index (χ1v) is 13.2. The highest BCUT2D eigenvalue weighted by atomic mass is 16.5. The van der Waals surface area contributed by atoms with Gasteiger partial charge in [-0.3, -0.25) is 4.68 Å². The van der Waals surface area contributed by atoms with Gasteiger partial charge in [0, 0.05) is 30.5 Å². The minimum Gasteiger partial charge on any atom is -0.385 e. The molecule has 4 heterocycles. The number of anilines is 1. The van der Waals surface area contributed by atoms with Crippen LogP contribution in [0, 0.1) is 6.92 Å². The quantitative estimate of drug-likeness (QED) is 0.353. The Bertz CT molecular complexity index is 1330. The van der Waals surface area contributed by atoms with Gasteiger partial charge in [-0.25, -0.2) is 4.98 Å². The zero-order valence-electron chi connectivity index (χ0n) is 21.2. The van der Waals surface area contributed by atoms with Gasteiger partial charge in [0.15, 0.2) is 5.69 Å². The Kier molecular flexibility index (Phi) is 6.48. The van der Waals surface area contributed by atoms with Gasteiger partial charge in [0.1, 0.15) is 5.82 Å². The first-order valence-electron chi connectivity index (χ1n) is 13.2. The second-order valence-corrected chi connectivity index (χ2v) is 10.2. The number of aromatic nitrogens is 5. The molecule has 9 nitrogen and oxygen atoms in total. The molecule has 1 aliphatic heterocycles. The van der Waals surface area contributed by atoms with Crippen LogP contribution in [0.15, 0.2) is 53.2 Å². The molecule has 0 bridgehead atoms. The molecule has 0 amide bonds. The van der Waals surface area contributed by atoms with E-state index < -0.39 is 5.60 Å². The lowest BCUT2D eigenvalue weighted by molar-refractivity contribution is -0.0387. The minimum atomic E-state index is -0.676. The molecule has 0 unspecified atom stereocenters. The third-order valence-electron chi connectivity index (χ3n) is 7.58. The Morgan fingerprint density at radius 3 is 2.57 bits per heavy atom. The molecule has 2 aliphatic rings. The summed E-state index contributed by atoms with van der Waals surface area (Å²) in [7, 11) is 0. The van der Waals surface area contributed by atoms with E-state index in [4.69, 9.17) is 9.62 Å². The third kappa shape index (κ3) is 5.14. The Balaban J connectivity index is 1.08. The topological polar surface area (TPSA) is 105 Å². The average molecular weight is 500 g/mol. The van der Waals surface area contributed by atoms with E-state index in [1.807, 2.05) is 54.2 Å². The predicted molar refractivity (Wildman–Crippen MR) is 141 cm³/mol. The second-order valence-electron chi connectivity index (χ2n) is 10.2. The molecule has 1 aromatic carbocycles. The van der Waals surface area contributed by atoms with Gasteiger partial charge in [-0.1, -0.05) is 35.5 Å². The van der Waals surface area contributed by atoms with Gasteiger partial charge >= 0.3 is 0 Å². The summed E-state index contributed by atoms with van der Waals surface area (Å²) in [6, 6.07) is 13.8. The molecule has 1 saturated carbocycles. The van der Waals surface area contributed by atoms with Gasteiger partial charge in [-0.2, -0.15) is 10.1 Å². The van der Waals surface area contributed by atoms with Gasteiger partial charge in [0.25, 0.3) is 5.89 Å². The Labute approximate surface area is 216 Å². The van der Waals surface area contributed by atoms with E-state index in [0.717, 1.165) is 60.6 Å². The summed E-state index contributed by atoms with van der Waals surface area (Å²) in [5.74, 6) is 1.79. The first kappa shape index (κ1) is 23.8. The highest BCUT2D eigenvalue weighted by molar-refractivity contribution is 5.58. The predicted octanol–water partition coefficient (Wildman–Crippen LogP) is 4.23. The van der Waals surface area contributed by atoms with Crippen LogP contribution in [0.2, 0.25) is 0 Å². The lowest BCUT2D eigenvalue weighted by Gasteiger charge is -2.37. The number of benzene rings is 1. The molecule has 6 rings (SSSR count). The van der Waals surface area contributed by atoms with Crippen LogP contribution < -0.4 is 5.32 Å². The molecule has 2 fully saturated rings. The van der Waals surface area contributed by atoms with Gasteiger partial charge in [0.2, 0.25) is 5.82 Å². The number of nitrogens with one attached hydrogen (secondary N) is 1. The number of aliphatic hydroxyl groups is 1. The molecule has 1 aliphatic carbocycles. The number of hydrogen-bond donors (Lipinski definition) is 2. The van der Waals surface area contributed by atoms with Gasteiger partial charge < -0.3 is 19.8 Å². The van der Waals surface area contributed by atoms with Crippen molar-refractivity contribution in [3.05, 3.63) is 65.5 Å². The number of rotatable bonds is 9. The van der Waals surface area contributed by atoms with Gasteiger partial charge in [-0.05, 0) is 75.4 Å². The number of nitrogens with zero attached hydrogens (tertiary/aromatic N) is 6. The summed E-state index contributed by atoms with van der Waals surface area (Å²) < 4.78 is 7.45. The molecule has 4 aromatic rings. The summed E-state index contributed by atoms with van der Waals surface area (Å²) >= 11 is 0. The fourth-order valence-corrected chi connectivity index (χ4v) is 5.09. The monoisotopic (exact) mass is 499 g/mol. The third-order valence-corrected chi connectivity index (χ3v) is 7.58. The SMILES string of the molecule is Cc1cc(-c2nc(-c3ccc(C4(O)CCC4)cc3)no2)nn1Cc1ccc(NCCN2CCCC2)nc1. The highest BCUT2D eigenvalue weighted by Gasteiger charge is 2.36. The van der Waals surface area contributed by atoms with Crippen molar-refractivity contribution in [2.45, 2.75) is 51.2 Å². The van der Waals surface area contributed by atoms with E-state index in [0.29, 0.717) is 24.0 Å². The van der Waals surface area contributed by atoms with Crippen molar-refractivity contribution < 1.29 is 9.63 Å². The van der Waals surface area contributed by atoms with E-state index in [2.05, 4.69) is 31.4 Å². The maximum atomic E-state index is 10.5. The maximum absolute atomic E-state index is 10.5. The van der Waals surface area contributed by atoms with Crippen LogP contribution in [0.25, 0.3) is 23.0 Å². The lowest BCUT2D eigenvalue weighted by atomic mass is 9.75. The van der Waals surface area contributed by atoms with Crippen molar-refractivity contribution in [3.63, 3.8) is 0 Å². The molecule has 9 heteroatoms. The molecule has 192 valence electrons. The molecular weight excluding hydrogens is 466 g/mol. The molecule has 2 N–H and O–H groups in total. The standard InChI is InChI=1S/C28H33N7O2/c1-20-17-24(27-31-26(33-37-27)22-6-8-23(9-7-22)28(36)11-4-12-28)32-35(20)19-21-5-10-25(30-18-21)29-13-16-34-14-2-3-15-34/h5-10,17-18,36H,2-4,11-16,19H2,1H3,(H,29,30). The fraction of sp³-hybridized carbons (Fsp3) is 0.429. The molecule has 0 atom stereocenters. The highest BCUT2D eigenvalue weighted by Crippen LogP contribution is 2.41. The van der Waals surface area contributed by atoms with Crippen molar-refractivity contribution in [2.24, 2.45) is 0 Å². The summed E-state index contributed by atoms with van der Waals surface area (Å²) in [5.41, 5.74) is 3.83. The smallest absolute Gasteiger partial charge is 0.278 e. The second kappa shape index (κ2) is 10.1. The fourth-order valence-electron chi connectivity index (χ4n) is 5.09. The van der Waals surface area contributed by atoms with Crippen molar-refractivity contribution in [1.82, 2.24) is 29.8 Å². The van der Waals surface area contributed by atoms with E-state index in [1.54, 1.807) is 0 Å². The maximum Gasteiger partial charge on any atom is 0.278 e. The van der Waals surface area contributed by atoms with Crippen LogP contribution in [0.1, 0.15) is 48.9 Å². The Morgan fingerprint density at radius 2 is 1.86 bits per heavy atom. The van der Waals surface area contributed by atoms with E-state index in [9.17, 15) is 5.11 Å². The number of pyridine rings is 1. The lowest BCUT2D eigenvalue weighted by Crippen LogP contribution is -2.33. The Hall–Kier alpha value is -3.56. The zero-order chi connectivity index (χ0) is 25.2. The number of aryl methyl sites for hydroxylation is 1. The van der Waals surface area contributed by atoms with Crippen molar-refractivity contribution in [1.29, 1.82) is 0 Å².